The highest BCUT2D eigenvalue weighted by atomic mass is 16.6. The zero-order valence-electron chi connectivity index (χ0n) is 12.6. The molecule has 0 saturated carbocycles. The van der Waals surface area contributed by atoms with Gasteiger partial charge in [-0.15, -0.1) is 0 Å². The van der Waals surface area contributed by atoms with Crippen LogP contribution < -0.4 is 5.32 Å². The highest BCUT2D eigenvalue weighted by Crippen LogP contribution is 2.28. The minimum atomic E-state index is -0.367. The number of benzene rings is 1. The van der Waals surface area contributed by atoms with Crippen LogP contribution in [0, 0.1) is 10.1 Å². The first-order valence-corrected chi connectivity index (χ1v) is 7.08. The topological polar surface area (TPSA) is 73.0 Å². The van der Waals surface area contributed by atoms with Gasteiger partial charge in [0, 0.05) is 13.6 Å². The molecule has 2 rings (SSSR count). The first-order valence-electron chi connectivity index (χ1n) is 7.08. The third kappa shape index (κ3) is 3.21. The van der Waals surface area contributed by atoms with Crippen molar-refractivity contribution < 1.29 is 4.92 Å². The summed E-state index contributed by atoms with van der Waals surface area (Å²) in [6.45, 7) is 4.51. The third-order valence-corrected chi connectivity index (χ3v) is 3.50. The Morgan fingerprint density at radius 1 is 1.19 bits per heavy atom. The van der Waals surface area contributed by atoms with E-state index in [1.54, 1.807) is 7.05 Å². The fraction of sp³-hybridized carbons (Fsp3) is 0.400. The Hall–Kier alpha value is -2.37. The first-order chi connectivity index (χ1) is 10.1. The standard InChI is InChI=1S/C15H20N4O2/c1-4-11-6-8-12(9-7-11)10-16-15-14(19(20)21)13(5-2)17-18(15)3/h6-9,16H,4-5,10H2,1-3H3. The molecule has 0 spiro atoms. The van der Waals surface area contributed by atoms with Crippen molar-refractivity contribution in [2.24, 2.45) is 7.05 Å². The van der Waals surface area contributed by atoms with Crippen LogP contribution in [-0.2, 0) is 26.4 Å². The average Bonchev–Trinajstić information content (AvgIpc) is 2.81. The lowest BCUT2D eigenvalue weighted by Gasteiger charge is -2.07. The molecule has 1 heterocycles. The Labute approximate surface area is 123 Å². The molecular formula is C15H20N4O2. The molecular weight excluding hydrogens is 268 g/mol. The molecule has 6 nitrogen and oxygen atoms in total. The Kier molecular flexibility index (Phi) is 4.57. The smallest absolute Gasteiger partial charge is 0.333 e. The second-order valence-corrected chi connectivity index (χ2v) is 4.90. The molecule has 0 amide bonds. The van der Waals surface area contributed by atoms with E-state index in [2.05, 4.69) is 29.5 Å². The number of hydrogen-bond acceptors (Lipinski definition) is 4. The molecule has 1 aromatic carbocycles. The van der Waals surface area contributed by atoms with E-state index in [0.717, 1.165) is 12.0 Å². The molecule has 0 aliphatic heterocycles. The van der Waals surface area contributed by atoms with Gasteiger partial charge in [0.05, 0.1) is 4.92 Å². The van der Waals surface area contributed by atoms with Gasteiger partial charge >= 0.3 is 5.69 Å². The number of hydrogen-bond donors (Lipinski definition) is 1. The zero-order chi connectivity index (χ0) is 15.4. The maximum absolute atomic E-state index is 11.2. The number of rotatable bonds is 6. The normalized spacial score (nSPS) is 10.6. The molecule has 1 N–H and O–H groups in total. The van der Waals surface area contributed by atoms with Crippen molar-refractivity contribution in [3.63, 3.8) is 0 Å². The summed E-state index contributed by atoms with van der Waals surface area (Å²) in [4.78, 5) is 10.9. The van der Waals surface area contributed by atoms with Gasteiger partial charge in [-0.2, -0.15) is 5.10 Å². The number of aryl methyl sites for hydroxylation is 3. The highest BCUT2D eigenvalue weighted by Gasteiger charge is 2.25. The molecule has 0 aliphatic carbocycles. The molecule has 0 atom stereocenters. The summed E-state index contributed by atoms with van der Waals surface area (Å²) in [5, 5.41) is 18.6. The Morgan fingerprint density at radius 3 is 2.33 bits per heavy atom. The van der Waals surface area contributed by atoms with E-state index >= 15 is 0 Å². The number of aromatic nitrogens is 2. The monoisotopic (exact) mass is 288 g/mol. The van der Waals surface area contributed by atoms with Crippen molar-refractivity contribution in [3.05, 3.63) is 51.2 Å². The number of nitrogens with zero attached hydrogens (tertiary/aromatic N) is 3. The molecule has 0 saturated heterocycles. The van der Waals surface area contributed by atoms with E-state index in [-0.39, 0.29) is 10.6 Å². The van der Waals surface area contributed by atoms with Crippen molar-refractivity contribution in [2.45, 2.75) is 33.2 Å². The predicted molar refractivity (Wildman–Crippen MR) is 82.4 cm³/mol. The van der Waals surface area contributed by atoms with Crippen molar-refractivity contribution in [1.82, 2.24) is 9.78 Å². The van der Waals surface area contributed by atoms with Gasteiger partial charge in [0.15, 0.2) is 0 Å². The fourth-order valence-electron chi connectivity index (χ4n) is 2.28. The van der Waals surface area contributed by atoms with Gasteiger partial charge in [0.2, 0.25) is 5.82 Å². The molecule has 0 radical (unpaired) electrons. The van der Waals surface area contributed by atoms with Gasteiger partial charge in [-0.1, -0.05) is 38.1 Å². The van der Waals surface area contributed by atoms with Crippen molar-refractivity contribution in [2.75, 3.05) is 5.32 Å². The lowest BCUT2D eigenvalue weighted by atomic mass is 10.1. The SMILES string of the molecule is CCc1ccc(CNc2c([N+](=O)[O-])c(CC)nn2C)cc1. The van der Waals surface area contributed by atoms with Gasteiger partial charge in [-0.05, 0) is 24.0 Å². The molecule has 0 fully saturated rings. The lowest BCUT2D eigenvalue weighted by molar-refractivity contribution is -0.384. The Balaban J connectivity index is 2.19. The van der Waals surface area contributed by atoms with Gasteiger partial charge in [0.1, 0.15) is 5.69 Å². The van der Waals surface area contributed by atoms with Crippen LogP contribution in [0.5, 0.6) is 0 Å². The fourth-order valence-corrected chi connectivity index (χ4v) is 2.28. The maximum atomic E-state index is 11.2. The van der Waals surface area contributed by atoms with E-state index in [0.29, 0.717) is 24.5 Å². The minimum Gasteiger partial charge on any atom is -0.360 e. The summed E-state index contributed by atoms with van der Waals surface area (Å²) in [6.07, 6.45) is 1.54. The van der Waals surface area contributed by atoms with Crippen LogP contribution in [0.1, 0.15) is 30.7 Å². The molecule has 6 heteroatoms. The molecule has 112 valence electrons. The average molecular weight is 288 g/mol. The summed E-state index contributed by atoms with van der Waals surface area (Å²) >= 11 is 0. The van der Waals surface area contributed by atoms with Crippen LogP contribution in [0.4, 0.5) is 11.5 Å². The second kappa shape index (κ2) is 6.39. The lowest BCUT2D eigenvalue weighted by Crippen LogP contribution is -2.06. The molecule has 1 aromatic heterocycles. The summed E-state index contributed by atoms with van der Waals surface area (Å²) in [6, 6.07) is 8.22. The number of nitrogens with one attached hydrogen (secondary N) is 1. The van der Waals surface area contributed by atoms with Crippen LogP contribution in [0.2, 0.25) is 0 Å². The third-order valence-electron chi connectivity index (χ3n) is 3.50. The van der Waals surface area contributed by atoms with Crippen LogP contribution in [-0.4, -0.2) is 14.7 Å². The van der Waals surface area contributed by atoms with Crippen molar-refractivity contribution in [1.29, 1.82) is 0 Å². The van der Waals surface area contributed by atoms with E-state index in [1.807, 2.05) is 19.1 Å². The second-order valence-electron chi connectivity index (χ2n) is 4.90. The maximum Gasteiger partial charge on any atom is 0.333 e. The summed E-state index contributed by atoms with van der Waals surface area (Å²) in [5.74, 6) is 0.455. The van der Waals surface area contributed by atoms with E-state index in [9.17, 15) is 10.1 Å². The molecule has 21 heavy (non-hydrogen) atoms. The van der Waals surface area contributed by atoms with Gasteiger partial charge in [-0.3, -0.25) is 10.1 Å². The van der Waals surface area contributed by atoms with Gasteiger partial charge < -0.3 is 5.32 Å². The van der Waals surface area contributed by atoms with Gasteiger partial charge in [0.25, 0.3) is 0 Å². The zero-order valence-corrected chi connectivity index (χ0v) is 12.6. The van der Waals surface area contributed by atoms with Crippen LogP contribution in [0.15, 0.2) is 24.3 Å². The largest absolute Gasteiger partial charge is 0.360 e. The molecule has 0 unspecified atom stereocenters. The Morgan fingerprint density at radius 2 is 1.81 bits per heavy atom. The number of nitro groups is 1. The van der Waals surface area contributed by atoms with Gasteiger partial charge in [-0.25, -0.2) is 4.68 Å². The molecule has 2 aromatic rings. The quantitative estimate of drug-likeness (QED) is 0.655. The van der Waals surface area contributed by atoms with Crippen LogP contribution in [0.25, 0.3) is 0 Å². The number of anilines is 1. The van der Waals surface area contributed by atoms with Crippen molar-refractivity contribution >= 4 is 11.5 Å². The predicted octanol–water partition coefficient (Wildman–Crippen LogP) is 3.07. The summed E-state index contributed by atoms with van der Waals surface area (Å²) in [7, 11) is 1.72. The van der Waals surface area contributed by atoms with Crippen molar-refractivity contribution in [3.8, 4) is 0 Å². The minimum absolute atomic E-state index is 0.0742. The van der Waals surface area contributed by atoms with E-state index in [4.69, 9.17) is 0 Å². The molecule has 0 bridgehead atoms. The van der Waals surface area contributed by atoms with E-state index < -0.39 is 0 Å². The summed E-state index contributed by atoms with van der Waals surface area (Å²) in [5.41, 5.74) is 2.94. The first kappa shape index (κ1) is 15.0. The highest BCUT2D eigenvalue weighted by molar-refractivity contribution is 5.60. The van der Waals surface area contributed by atoms with Crippen LogP contribution >= 0.6 is 0 Å². The van der Waals surface area contributed by atoms with Crippen LogP contribution in [0.3, 0.4) is 0 Å². The molecule has 0 aliphatic rings. The summed E-state index contributed by atoms with van der Waals surface area (Å²) < 4.78 is 1.54. The Bertz CT molecular complexity index is 632. The van der Waals surface area contributed by atoms with E-state index in [1.165, 1.54) is 10.2 Å².